The number of benzene rings is 1. The fraction of sp³-hybridized carbons (Fsp3) is 0.429. The minimum atomic E-state index is -0.667. The van der Waals surface area contributed by atoms with Crippen LogP contribution >= 0.6 is 0 Å². The number of carbonyl (C=O) groups excluding carboxylic acids is 1. The molecule has 20 heavy (non-hydrogen) atoms. The molecule has 2 atom stereocenters. The lowest BCUT2D eigenvalue weighted by molar-refractivity contribution is -0.122. The molecule has 6 nitrogen and oxygen atoms in total. The van der Waals surface area contributed by atoms with E-state index >= 15 is 0 Å². The van der Waals surface area contributed by atoms with E-state index in [-0.39, 0.29) is 0 Å². The van der Waals surface area contributed by atoms with Crippen molar-refractivity contribution in [2.45, 2.75) is 18.6 Å². The number of oxime groups is 1. The van der Waals surface area contributed by atoms with Crippen molar-refractivity contribution in [3.05, 3.63) is 35.9 Å². The summed E-state index contributed by atoms with van der Waals surface area (Å²) in [6.45, 7) is 0.811. The number of rotatable bonds is 5. The highest BCUT2D eigenvalue weighted by atomic mass is 16.6. The molecule has 2 unspecified atom stereocenters. The lowest BCUT2D eigenvalue weighted by Gasteiger charge is -2.24. The number of primary amides is 1. The molecule has 6 heteroatoms. The quantitative estimate of drug-likeness (QED) is 0.757. The molecule has 0 aromatic heterocycles. The van der Waals surface area contributed by atoms with Crippen molar-refractivity contribution in [2.24, 2.45) is 10.9 Å². The van der Waals surface area contributed by atoms with Gasteiger partial charge in [-0.3, -0.25) is 9.69 Å². The van der Waals surface area contributed by atoms with E-state index in [9.17, 15) is 9.90 Å². The molecule has 0 bridgehead atoms. The first-order valence-corrected chi connectivity index (χ1v) is 6.47. The Morgan fingerprint density at radius 3 is 2.85 bits per heavy atom. The van der Waals surface area contributed by atoms with Gasteiger partial charge in [0, 0.05) is 19.5 Å². The van der Waals surface area contributed by atoms with Gasteiger partial charge < -0.3 is 15.7 Å². The van der Waals surface area contributed by atoms with Crippen LogP contribution in [0.15, 0.2) is 35.5 Å². The fourth-order valence-electron chi connectivity index (χ4n) is 2.43. The van der Waals surface area contributed by atoms with Gasteiger partial charge in [-0.1, -0.05) is 35.5 Å². The third kappa shape index (κ3) is 3.34. The lowest BCUT2D eigenvalue weighted by Crippen LogP contribution is -2.42. The standard InChI is InChI=1S/C14H19N3O3/c1-20-16-11-7-12(14(15)19)17(8-11)9-13(18)10-5-3-2-4-6-10/h2-6,12-13,18H,7-9H2,1H3,(H2,15,19). The molecule has 0 spiro atoms. The van der Waals surface area contributed by atoms with Crippen molar-refractivity contribution < 1.29 is 14.7 Å². The first kappa shape index (κ1) is 14.5. The third-order valence-corrected chi connectivity index (χ3v) is 3.40. The fourth-order valence-corrected chi connectivity index (χ4v) is 2.43. The summed E-state index contributed by atoms with van der Waals surface area (Å²) < 4.78 is 0. The summed E-state index contributed by atoms with van der Waals surface area (Å²) >= 11 is 0. The molecule has 1 aliphatic rings. The van der Waals surface area contributed by atoms with E-state index < -0.39 is 18.1 Å². The molecule has 1 aromatic rings. The molecular weight excluding hydrogens is 258 g/mol. The Labute approximate surface area is 117 Å². The Balaban J connectivity index is 2.07. The molecular formula is C14H19N3O3. The van der Waals surface area contributed by atoms with Gasteiger partial charge >= 0.3 is 0 Å². The SMILES string of the molecule is CON=C1CC(C(N)=O)N(CC(O)c2ccccc2)C1. The van der Waals surface area contributed by atoms with E-state index in [1.54, 1.807) is 0 Å². The predicted molar refractivity (Wildman–Crippen MR) is 75.0 cm³/mol. The van der Waals surface area contributed by atoms with Crippen molar-refractivity contribution >= 4 is 11.6 Å². The van der Waals surface area contributed by atoms with Crippen LogP contribution in [0.25, 0.3) is 0 Å². The van der Waals surface area contributed by atoms with Crippen molar-refractivity contribution in [1.29, 1.82) is 0 Å². The largest absolute Gasteiger partial charge is 0.399 e. The number of nitrogens with zero attached hydrogens (tertiary/aromatic N) is 2. The number of β-amino-alcohol motifs (C(OH)–C–C–N with tert-alkyl or cyclic N) is 1. The number of carbonyl (C=O) groups is 1. The van der Waals surface area contributed by atoms with Gasteiger partial charge in [-0.05, 0) is 5.56 Å². The maximum absolute atomic E-state index is 11.5. The number of likely N-dealkylation sites (tertiary alicyclic amines) is 1. The molecule has 0 aliphatic carbocycles. The Hall–Kier alpha value is -1.92. The van der Waals surface area contributed by atoms with E-state index in [0.29, 0.717) is 19.5 Å². The Morgan fingerprint density at radius 2 is 2.25 bits per heavy atom. The average molecular weight is 277 g/mol. The zero-order valence-electron chi connectivity index (χ0n) is 11.4. The molecule has 2 rings (SSSR count). The van der Waals surface area contributed by atoms with Crippen LogP contribution in [0.2, 0.25) is 0 Å². The van der Waals surface area contributed by atoms with Crippen LogP contribution in [-0.4, -0.2) is 47.9 Å². The number of hydrogen-bond donors (Lipinski definition) is 2. The highest BCUT2D eigenvalue weighted by Gasteiger charge is 2.34. The summed E-state index contributed by atoms with van der Waals surface area (Å²) in [5.74, 6) is -0.411. The number of aliphatic hydroxyl groups excluding tert-OH is 1. The van der Waals surface area contributed by atoms with Gasteiger partial charge in [0.2, 0.25) is 5.91 Å². The second-order valence-electron chi connectivity index (χ2n) is 4.82. The van der Waals surface area contributed by atoms with Gasteiger partial charge in [-0.2, -0.15) is 0 Å². The molecule has 108 valence electrons. The number of nitrogens with two attached hydrogens (primary N) is 1. The maximum atomic E-state index is 11.5. The number of amides is 1. The van der Waals surface area contributed by atoms with Gasteiger partial charge in [0.05, 0.1) is 17.9 Å². The van der Waals surface area contributed by atoms with E-state index in [4.69, 9.17) is 10.6 Å². The highest BCUT2D eigenvalue weighted by molar-refractivity contribution is 5.95. The van der Waals surface area contributed by atoms with Crippen molar-refractivity contribution in [3.8, 4) is 0 Å². The first-order valence-electron chi connectivity index (χ1n) is 6.47. The van der Waals surface area contributed by atoms with E-state index in [2.05, 4.69) is 5.16 Å². The van der Waals surface area contributed by atoms with Crippen LogP contribution in [0.4, 0.5) is 0 Å². The monoisotopic (exact) mass is 277 g/mol. The summed E-state index contributed by atoms with van der Waals surface area (Å²) in [5.41, 5.74) is 6.98. The molecule has 0 radical (unpaired) electrons. The van der Waals surface area contributed by atoms with E-state index in [0.717, 1.165) is 11.3 Å². The maximum Gasteiger partial charge on any atom is 0.235 e. The molecule has 1 heterocycles. The van der Waals surface area contributed by atoms with Crippen molar-refractivity contribution in [2.75, 3.05) is 20.2 Å². The zero-order chi connectivity index (χ0) is 14.5. The van der Waals surface area contributed by atoms with Crippen molar-refractivity contribution in [1.82, 2.24) is 4.90 Å². The number of aliphatic hydroxyl groups is 1. The minimum absolute atomic E-state index is 0.334. The molecule has 1 amide bonds. The van der Waals surface area contributed by atoms with Crippen LogP contribution < -0.4 is 5.73 Å². The summed E-state index contributed by atoms with van der Waals surface area (Å²) in [6.07, 6.45) is -0.218. The average Bonchev–Trinajstić information content (AvgIpc) is 2.83. The Kier molecular flexibility index (Phi) is 4.70. The second-order valence-corrected chi connectivity index (χ2v) is 4.82. The smallest absolute Gasteiger partial charge is 0.235 e. The summed E-state index contributed by atoms with van der Waals surface area (Å²) in [5, 5.41) is 14.1. The summed E-state index contributed by atoms with van der Waals surface area (Å²) in [4.78, 5) is 18.1. The molecule has 1 aromatic carbocycles. The number of hydrogen-bond acceptors (Lipinski definition) is 5. The Bertz CT molecular complexity index is 490. The van der Waals surface area contributed by atoms with Gasteiger partial charge in [0.25, 0.3) is 0 Å². The van der Waals surface area contributed by atoms with Gasteiger partial charge in [-0.15, -0.1) is 0 Å². The molecule has 3 N–H and O–H groups in total. The summed E-state index contributed by atoms with van der Waals surface area (Å²) in [7, 11) is 1.47. The highest BCUT2D eigenvalue weighted by Crippen LogP contribution is 2.21. The van der Waals surface area contributed by atoms with Crippen LogP contribution in [-0.2, 0) is 9.63 Å². The minimum Gasteiger partial charge on any atom is -0.399 e. The van der Waals surface area contributed by atoms with Crippen molar-refractivity contribution in [3.63, 3.8) is 0 Å². The molecule has 1 aliphatic heterocycles. The van der Waals surface area contributed by atoms with E-state index in [1.807, 2.05) is 35.2 Å². The van der Waals surface area contributed by atoms with Gasteiger partial charge in [0.15, 0.2) is 0 Å². The van der Waals surface area contributed by atoms with Crippen LogP contribution in [0.3, 0.4) is 0 Å². The molecule has 1 fully saturated rings. The topological polar surface area (TPSA) is 88.2 Å². The van der Waals surface area contributed by atoms with Gasteiger partial charge in [-0.25, -0.2) is 0 Å². The summed E-state index contributed by atoms with van der Waals surface area (Å²) in [6, 6.07) is 8.88. The third-order valence-electron chi connectivity index (χ3n) is 3.40. The van der Waals surface area contributed by atoms with Crippen LogP contribution in [0, 0.1) is 0 Å². The first-order chi connectivity index (χ1) is 9.61. The van der Waals surface area contributed by atoms with Crippen LogP contribution in [0.5, 0.6) is 0 Å². The normalized spacial score (nSPS) is 22.9. The van der Waals surface area contributed by atoms with Crippen LogP contribution in [0.1, 0.15) is 18.1 Å². The van der Waals surface area contributed by atoms with Gasteiger partial charge in [0.1, 0.15) is 7.11 Å². The molecule has 1 saturated heterocycles. The molecule has 0 saturated carbocycles. The zero-order valence-corrected chi connectivity index (χ0v) is 11.4. The lowest BCUT2D eigenvalue weighted by atomic mass is 10.1. The second kappa shape index (κ2) is 6.49. The Morgan fingerprint density at radius 1 is 1.55 bits per heavy atom. The van der Waals surface area contributed by atoms with E-state index in [1.165, 1.54) is 7.11 Å². The predicted octanol–water partition coefficient (Wildman–Crippen LogP) is 0.282.